The summed E-state index contributed by atoms with van der Waals surface area (Å²) in [7, 11) is 1.36. The van der Waals surface area contributed by atoms with E-state index in [2.05, 4.69) is 4.74 Å². The van der Waals surface area contributed by atoms with Crippen LogP contribution in [0.2, 0.25) is 0 Å². The molecule has 0 N–H and O–H groups in total. The maximum Gasteiger partial charge on any atom is 0.334 e. The van der Waals surface area contributed by atoms with Crippen LogP contribution in [-0.2, 0) is 19.0 Å². The van der Waals surface area contributed by atoms with Crippen LogP contribution >= 0.6 is 0 Å². The number of methoxy groups -OCH3 is 1. The molecule has 4 nitrogen and oxygen atoms in total. The van der Waals surface area contributed by atoms with Gasteiger partial charge in [0, 0.05) is 6.61 Å². The summed E-state index contributed by atoms with van der Waals surface area (Å²) in [5.74, 6) is -0.333. The summed E-state index contributed by atoms with van der Waals surface area (Å²) in [4.78, 5) is 11.0. The average molecular weight is 202 g/mol. The van der Waals surface area contributed by atoms with E-state index in [-0.39, 0.29) is 12.1 Å². The van der Waals surface area contributed by atoms with E-state index in [1.165, 1.54) is 13.5 Å². The fourth-order valence-electron chi connectivity index (χ4n) is 1.42. The summed E-state index contributed by atoms with van der Waals surface area (Å²) in [6, 6.07) is 0. The molecule has 1 heterocycles. The van der Waals surface area contributed by atoms with Crippen LogP contribution in [0.15, 0.2) is 0 Å². The molecule has 1 aliphatic rings. The number of esters is 1. The highest BCUT2D eigenvalue weighted by molar-refractivity contribution is 5.73. The van der Waals surface area contributed by atoms with E-state index in [1.54, 1.807) is 6.92 Å². The lowest BCUT2D eigenvalue weighted by Crippen LogP contribution is -2.30. The molecule has 1 aliphatic heterocycles. The Balaban J connectivity index is 2.15. The minimum Gasteiger partial charge on any atom is -0.467 e. The third kappa shape index (κ3) is 3.64. The predicted molar refractivity (Wildman–Crippen MR) is 51.0 cm³/mol. The van der Waals surface area contributed by atoms with Gasteiger partial charge in [0.15, 0.2) is 6.10 Å². The summed E-state index contributed by atoms with van der Waals surface area (Å²) >= 11 is 0. The van der Waals surface area contributed by atoms with Crippen molar-refractivity contribution in [1.82, 2.24) is 0 Å². The first-order chi connectivity index (χ1) is 6.74. The Labute approximate surface area is 84.5 Å². The van der Waals surface area contributed by atoms with Crippen LogP contribution < -0.4 is 0 Å². The van der Waals surface area contributed by atoms with Crippen molar-refractivity contribution in [2.24, 2.45) is 0 Å². The van der Waals surface area contributed by atoms with Gasteiger partial charge in [0.2, 0.25) is 0 Å². The third-order valence-corrected chi connectivity index (χ3v) is 2.34. The molecule has 82 valence electrons. The summed E-state index contributed by atoms with van der Waals surface area (Å²) in [5, 5.41) is 0. The van der Waals surface area contributed by atoms with Gasteiger partial charge in [-0.3, -0.25) is 0 Å². The summed E-state index contributed by atoms with van der Waals surface area (Å²) < 4.78 is 15.3. The standard InChI is InChI=1S/C10H18O4/c1-8(10(11)12-2)14-7-9-5-3-4-6-13-9/h8-9H,3-7H2,1-2H3/t8-,9?/m1/s1. The van der Waals surface area contributed by atoms with Gasteiger partial charge in [0.1, 0.15) is 0 Å². The van der Waals surface area contributed by atoms with Gasteiger partial charge in [0.25, 0.3) is 0 Å². The molecule has 1 rings (SSSR count). The topological polar surface area (TPSA) is 44.8 Å². The molecule has 1 saturated heterocycles. The number of carbonyl (C=O) groups is 1. The van der Waals surface area contributed by atoms with Gasteiger partial charge in [-0.15, -0.1) is 0 Å². The number of hydrogen-bond donors (Lipinski definition) is 0. The van der Waals surface area contributed by atoms with Crippen molar-refractivity contribution in [2.45, 2.75) is 38.4 Å². The molecule has 0 saturated carbocycles. The lowest BCUT2D eigenvalue weighted by atomic mass is 10.1. The number of carbonyl (C=O) groups excluding carboxylic acids is 1. The minimum atomic E-state index is -0.495. The smallest absolute Gasteiger partial charge is 0.334 e. The second-order valence-corrected chi connectivity index (χ2v) is 3.49. The van der Waals surface area contributed by atoms with Crippen LogP contribution in [0.4, 0.5) is 0 Å². The number of hydrogen-bond acceptors (Lipinski definition) is 4. The van der Waals surface area contributed by atoms with Crippen molar-refractivity contribution in [1.29, 1.82) is 0 Å². The van der Waals surface area contributed by atoms with Crippen LogP contribution in [-0.4, -0.2) is 38.5 Å². The van der Waals surface area contributed by atoms with Crippen LogP contribution in [0, 0.1) is 0 Å². The molecule has 14 heavy (non-hydrogen) atoms. The molecule has 0 amide bonds. The van der Waals surface area contributed by atoms with Gasteiger partial charge in [-0.25, -0.2) is 4.79 Å². The number of ether oxygens (including phenoxy) is 3. The zero-order valence-electron chi connectivity index (χ0n) is 8.82. The summed E-state index contributed by atoms with van der Waals surface area (Å²) in [6.07, 6.45) is 2.98. The fourth-order valence-corrected chi connectivity index (χ4v) is 1.42. The van der Waals surface area contributed by atoms with Gasteiger partial charge < -0.3 is 14.2 Å². The monoisotopic (exact) mass is 202 g/mol. The molecular formula is C10H18O4. The Kier molecular flexibility index (Phi) is 4.90. The quantitative estimate of drug-likeness (QED) is 0.641. The molecule has 0 aromatic heterocycles. The second kappa shape index (κ2) is 5.98. The molecule has 0 aromatic carbocycles. The Bertz CT molecular complexity index is 175. The molecule has 0 radical (unpaired) electrons. The summed E-state index contributed by atoms with van der Waals surface area (Å²) in [5.41, 5.74) is 0. The van der Waals surface area contributed by atoms with Gasteiger partial charge in [0.05, 0.1) is 19.8 Å². The van der Waals surface area contributed by atoms with E-state index in [9.17, 15) is 4.79 Å². The zero-order chi connectivity index (χ0) is 10.4. The van der Waals surface area contributed by atoms with Crippen LogP contribution in [0.25, 0.3) is 0 Å². The van der Waals surface area contributed by atoms with Crippen LogP contribution in [0.3, 0.4) is 0 Å². The van der Waals surface area contributed by atoms with E-state index >= 15 is 0 Å². The van der Waals surface area contributed by atoms with Crippen molar-refractivity contribution < 1.29 is 19.0 Å². The molecule has 0 aliphatic carbocycles. The first-order valence-corrected chi connectivity index (χ1v) is 5.05. The highest BCUT2D eigenvalue weighted by atomic mass is 16.6. The largest absolute Gasteiger partial charge is 0.467 e. The maximum atomic E-state index is 11.0. The van der Waals surface area contributed by atoms with Crippen molar-refractivity contribution in [2.75, 3.05) is 20.3 Å². The first-order valence-electron chi connectivity index (χ1n) is 5.05. The molecule has 0 aromatic rings. The van der Waals surface area contributed by atoms with Crippen molar-refractivity contribution in [3.8, 4) is 0 Å². The molecule has 1 fully saturated rings. The molecule has 2 atom stereocenters. The van der Waals surface area contributed by atoms with E-state index in [0.717, 1.165) is 19.4 Å². The zero-order valence-corrected chi connectivity index (χ0v) is 8.82. The lowest BCUT2D eigenvalue weighted by Gasteiger charge is -2.23. The maximum absolute atomic E-state index is 11.0. The molecule has 1 unspecified atom stereocenters. The Morgan fingerprint density at radius 3 is 2.93 bits per heavy atom. The van der Waals surface area contributed by atoms with E-state index in [4.69, 9.17) is 9.47 Å². The van der Waals surface area contributed by atoms with Gasteiger partial charge in [-0.2, -0.15) is 0 Å². The SMILES string of the molecule is COC(=O)[C@@H](C)OCC1CCCCO1. The van der Waals surface area contributed by atoms with E-state index in [1.807, 2.05) is 0 Å². The second-order valence-electron chi connectivity index (χ2n) is 3.49. The van der Waals surface area contributed by atoms with Gasteiger partial charge in [-0.1, -0.05) is 0 Å². The Morgan fingerprint density at radius 2 is 2.36 bits per heavy atom. The first kappa shape index (κ1) is 11.5. The van der Waals surface area contributed by atoms with Crippen LogP contribution in [0.5, 0.6) is 0 Å². The molecule has 0 bridgehead atoms. The Morgan fingerprint density at radius 1 is 1.57 bits per heavy atom. The highest BCUT2D eigenvalue weighted by Crippen LogP contribution is 2.13. The lowest BCUT2D eigenvalue weighted by molar-refractivity contribution is -0.156. The molecular weight excluding hydrogens is 184 g/mol. The highest BCUT2D eigenvalue weighted by Gasteiger charge is 2.18. The number of rotatable bonds is 4. The fraction of sp³-hybridized carbons (Fsp3) is 0.900. The van der Waals surface area contributed by atoms with Crippen LogP contribution in [0.1, 0.15) is 26.2 Å². The normalized spacial score (nSPS) is 24.3. The van der Waals surface area contributed by atoms with Crippen molar-refractivity contribution in [3.63, 3.8) is 0 Å². The molecule has 0 spiro atoms. The van der Waals surface area contributed by atoms with Crippen molar-refractivity contribution >= 4 is 5.97 Å². The van der Waals surface area contributed by atoms with Crippen molar-refractivity contribution in [3.05, 3.63) is 0 Å². The minimum absolute atomic E-state index is 0.149. The Hall–Kier alpha value is -0.610. The van der Waals surface area contributed by atoms with Gasteiger partial charge in [-0.05, 0) is 26.2 Å². The predicted octanol–water partition coefficient (Wildman–Crippen LogP) is 1.13. The van der Waals surface area contributed by atoms with Gasteiger partial charge >= 0.3 is 5.97 Å². The van der Waals surface area contributed by atoms with E-state index in [0.29, 0.717) is 6.61 Å². The average Bonchev–Trinajstić information content (AvgIpc) is 2.26. The third-order valence-electron chi connectivity index (χ3n) is 2.34. The molecule has 4 heteroatoms. The summed E-state index contributed by atoms with van der Waals surface area (Å²) in [6.45, 7) is 2.98. The van der Waals surface area contributed by atoms with E-state index < -0.39 is 6.10 Å².